The molecular weight excluding hydrogens is 297 g/mol. The summed E-state index contributed by atoms with van der Waals surface area (Å²) in [5.41, 5.74) is -0.958. The highest BCUT2D eigenvalue weighted by Gasteiger charge is 2.29. The summed E-state index contributed by atoms with van der Waals surface area (Å²) in [5.74, 6) is 0. The number of hydrogen-bond donors (Lipinski definition) is 2. The van der Waals surface area contributed by atoms with E-state index >= 15 is 0 Å². The molecule has 0 bridgehead atoms. The van der Waals surface area contributed by atoms with Crippen LogP contribution in [0.1, 0.15) is 26.3 Å². The minimum atomic E-state index is -4.35. The van der Waals surface area contributed by atoms with Gasteiger partial charge in [-0.15, -0.1) is 0 Å². The van der Waals surface area contributed by atoms with Crippen molar-refractivity contribution in [1.82, 2.24) is 4.90 Å². The Morgan fingerprint density at radius 1 is 1.27 bits per heavy atom. The predicted molar refractivity (Wildman–Crippen MR) is 78.8 cm³/mol. The number of rotatable bonds is 5. The first-order valence-corrected chi connectivity index (χ1v) is 6.95. The molecule has 2 N–H and O–H groups in total. The summed E-state index contributed by atoms with van der Waals surface area (Å²) in [7, 11) is 0. The molecule has 1 aromatic rings. The Morgan fingerprint density at radius 3 is 2.36 bits per heavy atom. The molecule has 0 aliphatic heterocycles. The molecule has 0 unspecified atom stereocenters. The number of carbonyl (C=O) groups excluding carboxylic acids is 1. The molecule has 1 aromatic carbocycles. The van der Waals surface area contributed by atoms with Crippen LogP contribution in [0.3, 0.4) is 0 Å². The maximum Gasteiger partial charge on any atom is 0.393 e. The largest absolute Gasteiger partial charge is 0.393 e. The highest BCUT2D eigenvalue weighted by Crippen LogP contribution is 2.26. The van der Waals surface area contributed by atoms with Gasteiger partial charge in [0, 0.05) is 12.2 Å². The summed E-state index contributed by atoms with van der Waals surface area (Å²) in [4.78, 5) is 13.5. The summed E-state index contributed by atoms with van der Waals surface area (Å²) >= 11 is 0. The highest BCUT2D eigenvalue weighted by molar-refractivity contribution is 5.90. The van der Waals surface area contributed by atoms with E-state index in [2.05, 4.69) is 5.32 Å². The second kappa shape index (κ2) is 7.00. The molecule has 0 atom stereocenters. The molecule has 124 valence electrons. The normalized spacial score (nSPS) is 12.1. The number of halogens is 3. The van der Waals surface area contributed by atoms with Gasteiger partial charge in [-0.05, 0) is 32.4 Å². The number of benzene rings is 1. The molecule has 0 aliphatic rings. The van der Waals surface area contributed by atoms with Crippen molar-refractivity contribution >= 4 is 11.7 Å². The summed E-state index contributed by atoms with van der Waals surface area (Å²) in [6, 6.07) is 5.26. The van der Waals surface area contributed by atoms with Gasteiger partial charge in [0.2, 0.25) is 0 Å². The first kappa shape index (κ1) is 18.3. The Bertz CT molecular complexity index is 510. The van der Waals surface area contributed by atoms with E-state index in [1.165, 1.54) is 23.1 Å². The van der Waals surface area contributed by atoms with Gasteiger partial charge in [-0.3, -0.25) is 0 Å². The molecule has 2 amide bonds. The molecule has 1 rings (SSSR count). The molecule has 7 heteroatoms. The number of carbonyl (C=O) groups is 1. The second-order valence-corrected chi connectivity index (χ2v) is 5.71. The van der Waals surface area contributed by atoms with Gasteiger partial charge in [0.1, 0.15) is 0 Å². The molecule has 22 heavy (non-hydrogen) atoms. The number of amides is 2. The fourth-order valence-electron chi connectivity index (χ4n) is 2.00. The topological polar surface area (TPSA) is 52.6 Å². The van der Waals surface area contributed by atoms with E-state index in [1.54, 1.807) is 26.8 Å². The van der Waals surface area contributed by atoms with Gasteiger partial charge in [0.05, 0.1) is 18.6 Å². The fourth-order valence-corrected chi connectivity index (χ4v) is 2.00. The molecule has 0 radical (unpaired) electrons. The van der Waals surface area contributed by atoms with Crippen molar-refractivity contribution in [3.8, 4) is 0 Å². The average Bonchev–Trinajstić information content (AvgIpc) is 2.35. The van der Waals surface area contributed by atoms with Crippen LogP contribution in [0.5, 0.6) is 0 Å². The second-order valence-electron chi connectivity index (χ2n) is 5.71. The standard InChI is InChI=1S/C15H21F3N2O2/c1-4-20(10-14(2,3)22)13(21)19-12-8-6-5-7-11(12)9-15(16,17)18/h5-8,22H,4,9-10H2,1-3H3,(H,19,21). The molecule has 4 nitrogen and oxygen atoms in total. The van der Waals surface area contributed by atoms with Gasteiger partial charge in [-0.25, -0.2) is 4.79 Å². The average molecular weight is 318 g/mol. The van der Waals surface area contributed by atoms with Crippen LogP contribution >= 0.6 is 0 Å². The van der Waals surface area contributed by atoms with Crippen LogP contribution in [0.25, 0.3) is 0 Å². The number of nitrogens with zero attached hydrogens (tertiary/aromatic N) is 1. The number of nitrogens with one attached hydrogen (secondary N) is 1. The van der Waals surface area contributed by atoms with Crippen LogP contribution in [0.2, 0.25) is 0 Å². The van der Waals surface area contributed by atoms with Gasteiger partial charge in [-0.1, -0.05) is 18.2 Å². The number of para-hydroxylation sites is 1. The molecule has 0 heterocycles. The van der Waals surface area contributed by atoms with Crippen LogP contribution in [0, 0.1) is 0 Å². The molecule has 0 spiro atoms. The molecule has 0 aromatic heterocycles. The lowest BCUT2D eigenvalue weighted by Gasteiger charge is -2.28. The lowest BCUT2D eigenvalue weighted by Crippen LogP contribution is -2.44. The maximum absolute atomic E-state index is 12.5. The van der Waals surface area contributed by atoms with Crippen LogP contribution in [-0.4, -0.2) is 40.9 Å². The van der Waals surface area contributed by atoms with Crippen molar-refractivity contribution in [3.63, 3.8) is 0 Å². The Hall–Kier alpha value is -1.76. The minimum Gasteiger partial charge on any atom is -0.389 e. The van der Waals surface area contributed by atoms with Gasteiger partial charge < -0.3 is 15.3 Å². The Morgan fingerprint density at radius 2 is 1.86 bits per heavy atom. The zero-order valence-corrected chi connectivity index (χ0v) is 12.9. The van der Waals surface area contributed by atoms with Crippen molar-refractivity contribution < 1.29 is 23.1 Å². The SMILES string of the molecule is CCN(CC(C)(C)O)C(=O)Nc1ccccc1CC(F)(F)F. The van der Waals surface area contributed by atoms with Crippen molar-refractivity contribution in [2.24, 2.45) is 0 Å². The molecule has 0 fully saturated rings. The van der Waals surface area contributed by atoms with Gasteiger partial charge in [0.25, 0.3) is 0 Å². The van der Waals surface area contributed by atoms with Crippen molar-refractivity contribution in [2.45, 2.75) is 39.0 Å². The van der Waals surface area contributed by atoms with E-state index < -0.39 is 24.2 Å². The van der Waals surface area contributed by atoms with Crippen LogP contribution in [0.4, 0.5) is 23.7 Å². The Labute approximate surface area is 127 Å². The number of anilines is 1. The third-order valence-electron chi connectivity index (χ3n) is 2.90. The number of alkyl halides is 3. The Balaban J connectivity index is 2.87. The fraction of sp³-hybridized carbons (Fsp3) is 0.533. The van der Waals surface area contributed by atoms with E-state index in [0.717, 1.165) is 0 Å². The van der Waals surface area contributed by atoms with Crippen LogP contribution in [-0.2, 0) is 6.42 Å². The van der Waals surface area contributed by atoms with E-state index in [4.69, 9.17) is 0 Å². The van der Waals surface area contributed by atoms with E-state index in [-0.39, 0.29) is 17.8 Å². The zero-order chi connectivity index (χ0) is 17.0. The van der Waals surface area contributed by atoms with Crippen LogP contribution in [0.15, 0.2) is 24.3 Å². The quantitative estimate of drug-likeness (QED) is 0.874. The first-order chi connectivity index (χ1) is 10.0. The number of urea groups is 1. The van der Waals surface area contributed by atoms with E-state index in [9.17, 15) is 23.1 Å². The molecule has 0 saturated heterocycles. The van der Waals surface area contributed by atoms with E-state index in [1.807, 2.05) is 0 Å². The van der Waals surface area contributed by atoms with Crippen LogP contribution < -0.4 is 5.32 Å². The van der Waals surface area contributed by atoms with Crippen molar-refractivity contribution in [2.75, 3.05) is 18.4 Å². The van der Waals surface area contributed by atoms with Crippen molar-refractivity contribution in [1.29, 1.82) is 0 Å². The smallest absolute Gasteiger partial charge is 0.389 e. The number of hydrogen-bond acceptors (Lipinski definition) is 2. The van der Waals surface area contributed by atoms with Gasteiger partial charge >= 0.3 is 12.2 Å². The third kappa shape index (κ3) is 6.34. The maximum atomic E-state index is 12.5. The Kier molecular flexibility index (Phi) is 5.82. The van der Waals surface area contributed by atoms with E-state index in [0.29, 0.717) is 6.54 Å². The zero-order valence-electron chi connectivity index (χ0n) is 12.9. The number of aliphatic hydroxyl groups is 1. The monoisotopic (exact) mass is 318 g/mol. The molecule has 0 saturated carbocycles. The summed E-state index contributed by atoms with van der Waals surface area (Å²) in [6.45, 7) is 5.25. The summed E-state index contributed by atoms with van der Waals surface area (Å²) < 4.78 is 37.6. The highest BCUT2D eigenvalue weighted by atomic mass is 19.4. The third-order valence-corrected chi connectivity index (χ3v) is 2.90. The van der Waals surface area contributed by atoms with Gasteiger partial charge in [-0.2, -0.15) is 13.2 Å². The predicted octanol–water partition coefficient (Wildman–Crippen LogP) is 3.42. The molecule has 0 aliphatic carbocycles. The number of likely N-dealkylation sites (N-methyl/N-ethyl adjacent to an activating group) is 1. The summed E-state index contributed by atoms with van der Waals surface area (Å²) in [6.07, 6.45) is -5.46. The molecular formula is C15H21F3N2O2. The lowest BCUT2D eigenvalue weighted by atomic mass is 10.1. The minimum absolute atomic E-state index is 0.00246. The lowest BCUT2D eigenvalue weighted by molar-refractivity contribution is -0.127. The summed E-state index contributed by atoms with van der Waals surface area (Å²) in [5, 5.41) is 12.3. The van der Waals surface area contributed by atoms with Gasteiger partial charge in [0.15, 0.2) is 0 Å². The first-order valence-electron chi connectivity index (χ1n) is 6.95. The van der Waals surface area contributed by atoms with Crippen molar-refractivity contribution in [3.05, 3.63) is 29.8 Å².